The molecule has 1 aromatic carbocycles. The van der Waals surface area contributed by atoms with Crippen molar-refractivity contribution in [3.05, 3.63) is 29.7 Å². The molecule has 0 radical (unpaired) electrons. The first-order valence-corrected chi connectivity index (χ1v) is 7.32. The molecule has 0 aliphatic carbocycles. The van der Waals surface area contributed by atoms with Gasteiger partial charge in [0, 0.05) is 6.54 Å². The molecule has 1 saturated heterocycles. The lowest BCUT2D eigenvalue weighted by molar-refractivity contribution is 0.239. The molecular weight excluding hydrogens is 236 g/mol. The molecule has 1 atom stereocenters. The lowest BCUT2D eigenvalue weighted by atomic mass is 9.77. The van der Waals surface area contributed by atoms with E-state index in [0.29, 0.717) is 0 Å². The lowest BCUT2D eigenvalue weighted by Gasteiger charge is -2.34. The predicted molar refractivity (Wildman–Crippen MR) is 77.4 cm³/mol. The van der Waals surface area contributed by atoms with Gasteiger partial charge in [0.15, 0.2) is 5.58 Å². The van der Waals surface area contributed by atoms with Crippen LogP contribution in [0.25, 0.3) is 11.1 Å². The van der Waals surface area contributed by atoms with Crippen LogP contribution in [0.4, 0.5) is 0 Å². The molecule has 3 rings (SSSR count). The maximum Gasteiger partial charge on any atom is 0.202 e. The molecule has 3 heteroatoms. The number of aromatic nitrogens is 1. The third-order valence-electron chi connectivity index (χ3n) is 4.28. The van der Waals surface area contributed by atoms with E-state index < -0.39 is 0 Å². The second-order valence-electron chi connectivity index (χ2n) is 5.75. The summed E-state index contributed by atoms with van der Waals surface area (Å²) in [5, 5.41) is 3.52. The maximum absolute atomic E-state index is 6.09. The molecule has 102 valence electrons. The highest BCUT2D eigenvalue weighted by Crippen LogP contribution is 2.37. The molecule has 1 aliphatic heterocycles. The highest BCUT2D eigenvalue weighted by molar-refractivity contribution is 5.76. The number of hydrogen-bond donors (Lipinski definition) is 1. The topological polar surface area (TPSA) is 38.1 Å². The van der Waals surface area contributed by atoms with Crippen LogP contribution >= 0.6 is 0 Å². The van der Waals surface area contributed by atoms with Gasteiger partial charge >= 0.3 is 0 Å². The zero-order chi connectivity index (χ0) is 13.3. The summed E-state index contributed by atoms with van der Waals surface area (Å²) in [5.41, 5.74) is 3.25. The van der Waals surface area contributed by atoms with E-state index in [1.807, 2.05) is 12.1 Å². The lowest BCUT2D eigenvalue weighted by Crippen LogP contribution is -2.43. The Labute approximate surface area is 114 Å². The van der Waals surface area contributed by atoms with Gasteiger partial charge < -0.3 is 9.73 Å². The van der Waals surface area contributed by atoms with Crippen LogP contribution in [-0.4, -0.2) is 18.1 Å². The molecule has 2 aromatic rings. The molecule has 19 heavy (non-hydrogen) atoms. The molecule has 1 fully saturated rings. The van der Waals surface area contributed by atoms with Crippen molar-refractivity contribution >= 4 is 11.1 Å². The second kappa shape index (κ2) is 4.97. The first-order chi connectivity index (χ1) is 9.25. The smallest absolute Gasteiger partial charge is 0.202 e. The van der Waals surface area contributed by atoms with E-state index in [1.54, 1.807) is 0 Å². The number of oxazole rings is 1. The van der Waals surface area contributed by atoms with Crippen molar-refractivity contribution in [2.45, 2.75) is 44.9 Å². The van der Waals surface area contributed by atoms with Gasteiger partial charge in [0.25, 0.3) is 0 Å². The SMILES string of the molecule is CCCC1(c2nc3c(C)cccc3o2)CCCNC1. The number of aryl methyl sites for hydroxylation is 1. The van der Waals surface area contributed by atoms with Gasteiger partial charge in [0.2, 0.25) is 5.89 Å². The Morgan fingerprint density at radius 1 is 1.42 bits per heavy atom. The van der Waals surface area contributed by atoms with Gasteiger partial charge in [-0.2, -0.15) is 0 Å². The molecule has 3 nitrogen and oxygen atoms in total. The molecule has 1 N–H and O–H groups in total. The number of piperidine rings is 1. The molecule has 0 amide bonds. The fourth-order valence-electron chi connectivity index (χ4n) is 3.26. The number of nitrogens with zero attached hydrogens (tertiary/aromatic N) is 1. The number of benzene rings is 1. The van der Waals surface area contributed by atoms with Crippen molar-refractivity contribution in [1.82, 2.24) is 10.3 Å². The average molecular weight is 258 g/mol. The average Bonchev–Trinajstić information content (AvgIpc) is 2.86. The number of fused-ring (bicyclic) bond motifs is 1. The molecule has 0 spiro atoms. The molecule has 0 bridgehead atoms. The molecule has 1 aliphatic rings. The quantitative estimate of drug-likeness (QED) is 0.914. The van der Waals surface area contributed by atoms with Crippen molar-refractivity contribution in [2.24, 2.45) is 0 Å². The van der Waals surface area contributed by atoms with E-state index in [0.717, 1.165) is 36.5 Å². The van der Waals surface area contributed by atoms with E-state index >= 15 is 0 Å². The van der Waals surface area contributed by atoms with Crippen molar-refractivity contribution in [1.29, 1.82) is 0 Å². The van der Waals surface area contributed by atoms with Gasteiger partial charge in [0.05, 0.1) is 5.41 Å². The normalized spacial score (nSPS) is 23.9. The van der Waals surface area contributed by atoms with E-state index in [1.165, 1.54) is 24.8 Å². The summed E-state index contributed by atoms with van der Waals surface area (Å²) in [6, 6.07) is 6.16. The summed E-state index contributed by atoms with van der Waals surface area (Å²) in [7, 11) is 0. The minimum Gasteiger partial charge on any atom is -0.440 e. The van der Waals surface area contributed by atoms with Gasteiger partial charge in [-0.1, -0.05) is 25.5 Å². The Bertz CT molecular complexity index is 562. The largest absolute Gasteiger partial charge is 0.440 e. The summed E-state index contributed by atoms with van der Waals surface area (Å²) in [4.78, 5) is 4.82. The molecule has 0 saturated carbocycles. The Morgan fingerprint density at radius 2 is 2.32 bits per heavy atom. The van der Waals surface area contributed by atoms with Crippen molar-refractivity contribution in [3.8, 4) is 0 Å². The minimum atomic E-state index is 0.0957. The minimum absolute atomic E-state index is 0.0957. The number of rotatable bonds is 3. The van der Waals surface area contributed by atoms with Crippen LogP contribution in [0.3, 0.4) is 0 Å². The zero-order valence-electron chi connectivity index (χ0n) is 11.8. The molecule has 1 unspecified atom stereocenters. The Balaban J connectivity index is 2.07. The van der Waals surface area contributed by atoms with E-state index in [2.05, 4.69) is 25.2 Å². The van der Waals surface area contributed by atoms with E-state index in [-0.39, 0.29) is 5.41 Å². The van der Waals surface area contributed by atoms with Crippen LogP contribution in [0.5, 0.6) is 0 Å². The Morgan fingerprint density at radius 3 is 3.00 bits per heavy atom. The van der Waals surface area contributed by atoms with Crippen LogP contribution in [-0.2, 0) is 5.41 Å². The van der Waals surface area contributed by atoms with Gasteiger partial charge in [0.1, 0.15) is 5.52 Å². The van der Waals surface area contributed by atoms with Crippen LogP contribution in [0.15, 0.2) is 22.6 Å². The van der Waals surface area contributed by atoms with Gasteiger partial charge in [-0.25, -0.2) is 4.98 Å². The molecular formula is C16H22N2O. The van der Waals surface area contributed by atoms with E-state index in [4.69, 9.17) is 9.40 Å². The summed E-state index contributed by atoms with van der Waals surface area (Å²) in [6.45, 7) is 6.45. The second-order valence-corrected chi connectivity index (χ2v) is 5.75. The zero-order valence-corrected chi connectivity index (χ0v) is 11.8. The van der Waals surface area contributed by atoms with Crippen molar-refractivity contribution < 1.29 is 4.42 Å². The standard InChI is InChI=1S/C16H22N2O/c1-3-8-16(9-5-10-17-11-16)15-18-14-12(2)6-4-7-13(14)19-15/h4,6-7,17H,3,5,8-11H2,1-2H3. The number of nitrogens with one attached hydrogen (secondary N) is 1. The van der Waals surface area contributed by atoms with Crippen LogP contribution in [0.1, 0.15) is 44.1 Å². The number of para-hydroxylation sites is 1. The summed E-state index contributed by atoms with van der Waals surface area (Å²) in [5.74, 6) is 0.936. The Hall–Kier alpha value is -1.35. The molecule has 1 aromatic heterocycles. The summed E-state index contributed by atoms with van der Waals surface area (Å²) in [6.07, 6.45) is 4.70. The summed E-state index contributed by atoms with van der Waals surface area (Å²) < 4.78 is 6.09. The highest BCUT2D eigenvalue weighted by atomic mass is 16.3. The number of hydrogen-bond acceptors (Lipinski definition) is 3. The van der Waals surface area contributed by atoms with Crippen LogP contribution in [0, 0.1) is 6.92 Å². The first kappa shape index (κ1) is 12.7. The monoisotopic (exact) mass is 258 g/mol. The third kappa shape index (κ3) is 2.16. The van der Waals surface area contributed by atoms with Gasteiger partial charge in [-0.05, 0) is 44.4 Å². The summed E-state index contributed by atoms with van der Waals surface area (Å²) >= 11 is 0. The maximum atomic E-state index is 6.09. The van der Waals surface area contributed by atoms with E-state index in [9.17, 15) is 0 Å². The van der Waals surface area contributed by atoms with Crippen LogP contribution < -0.4 is 5.32 Å². The van der Waals surface area contributed by atoms with Crippen LogP contribution in [0.2, 0.25) is 0 Å². The molecule has 2 heterocycles. The Kier molecular flexibility index (Phi) is 3.31. The van der Waals surface area contributed by atoms with Gasteiger partial charge in [-0.15, -0.1) is 0 Å². The fraction of sp³-hybridized carbons (Fsp3) is 0.562. The predicted octanol–water partition coefficient (Wildman–Crippen LogP) is 3.56. The first-order valence-electron chi connectivity index (χ1n) is 7.32. The third-order valence-corrected chi connectivity index (χ3v) is 4.28. The van der Waals surface area contributed by atoms with Crippen molar-refractivity contribution in [3.63, 3.8) is 0 Å². The fourth-order valence-corrected chi connectivity index (χ4v) is 3.26. The highest BCUT2D eigenvalue weighted by Gasteiger charge is 2.37. The van der Waals surface area contributed by atoms with Gasteiger partial charge in [-0.3, -0.25) is 0 Å². The van der Waals surface area contributed by atoms with Crippen molar-refractivity contribution in [2.75, 3.05) is 13.1 Å².